The summed E-state index contributed by atoms with van der Waals surface area (Å²) in [6.07, 6.45) is 0. The number of ether oxygens (including phenoxy) is 1. The number of hydrogen-bond acceptors (Lipinski definition) is 5. The van der Waals surface area contributed by atoms with E-state index in [0.717, 1.165) is 12.2 Å². The van der Waals surface area contributed by atoms with Crippen molar-refractivity contribution in [1.29, 1.82) is 0 Å². The van der Waals surface area contributed by atoms with Crippen LogP contribution in [0.2, 0.25) is 0 Å². The zero-order valence-corrected chi connectivity index (χ0v) is 10.7. The topological polar surface area (TPSA) is 56.1 Å². The summed E-state index contributed by atoms with van der Waals surface area (Å²) in [5.41, 5.74) is 0.939. The molecule has 0 saturated carbocycles. The van der Waals surface area contributed by atoms with E-state index in [1.165, 1.54) is 0 Å². The first-order chi connectivity index (χ1) is 8.77. The number of aromatic nitrogens is 4. The van der Waals surface area contributed by atoms with E-state index in [4.69, 9.17) is 4.74 Å². The van der Waals surface area contributed by atoms with Gasteiger partial charge in [-0.25, -0.2) is 0 Å². The van der Waals surface area contributed by atoms with Crippen molar-refractivity contribution in [3.05, 3.63) is 36.2 Å². The summed E-state index contributed by atoms with van der Waals surface area (Å²) in [5.74, 6) is 0.708. The highest BCUT2D eigenvalue weighted by Gasteiger charge is 2.07. The Bertz CT molecular complexity index is 468. The molecular formula is C12H17N5O. The Morgan fingerprint density at radius 2 is 2.00 bits per heavy atom. The Hall–Kier alpha value is -1.79. The molecule has 1 aromatic heterocycles. The summed E-state index contributed by atoms with van der Waals surface area (Å²) in [6, 6.07) is 9.78. The van der Waals surface area contributed by atoms with Crippen LogP contribution in [0.3, 0.4) is 0 Å². The van der Waals surface area contributed by atoms with E-state index in [-0.39, 0.29) is 0 Å². The van der Waals surface area contributed by atoms with Gasteiger partial charge < -0.3 is 9.64 Å². The van der Waals surface area contributed by atoms with Gasteiger partial charge in [0.25, 0.3) is 0 Å². The van der Waals surface area contributed by atoms with Crippen molar-refractivity contribution in [2.75, 3.05) is 27.2 Å². The first-order valence-corrected chi connectivity index (χ1v) is 5.82. The minimum Gasteiger partial charge on any atom is -0.372 e. The van der Waals surface area contributed by atoms with Crippen molar-refractivity contribution in [2.24, 2.45) is 0 Å². The zero-order chi connectivity index (χ0) is 12.8. The Morgan fingerprint density at radius 3 is 2.72 bits per heavy atom. The van der Waals surface area contributed by atoms with Crippen LogP contribution in [0.25, 0.3) is 5.69 Å². The lowest BCUT2D eigenvalue weighted by Gasteiger charge is -2.09. The molecule has 2 rings (SSSR count). The Kier molecular flexibility index (Phi) is 4.38. The maximum Gasteiger partial charge on any atom is 0.182 e. The molecule has 1 aromatic carbocycles. The fourth-order valence-electron chi connectivity index (χ4n) is 1.48. The van der Waals surface area contributed by atoms with Crippen LogP contribution in [0, 0.1) is 0 Å². The van der Waals surface area contributed by atoms with E-state index in [9.17, 15) is 0 Å². The minimum atomic E-state index is 0.412. The third-order valence-electron chi connectivity index (χ3n) is 2.45. The molecule has 6 nitrogen and oxygen atoms in total. The highest BCUT2D eigenvalue weighted by atomic mass is 16.5. The van der Waals surface area contributed by atoms with E-state index in [1.54, 1.807) is 4.68 Å². The number of hydrogen-bond donors (Lipinski definition) is 0. The second-order valence-corrected chi connectivity index (χ2v) is 4.20. The average molecular weight is 247 g/mol. The summed E-state index contributed by atoms with van der Waals surface area (Å²) in [6.45, 7) is 1.96. The molecule has 18 heavy (non-hydrogen) atoms. The third-order valence-corrected chi connectivity index (χ3v) is 2.45. The van der Waals surface area contributed by atoms with Gasteiger partial charge in [0.2, 0.25) is 0 Å². The monoisotopic (exact) mass is 247 g/mol. The molecule has 0 aliphatic heterocycles. The summed E-state index contributed by atoms with van der Waals surface area (Å²) in [7, 11) is 4.02. The highest BCUT2D eigenvalue weighted by molar-refractivity contribution is 5.30. The number of nitrogens with zero attached hydrogens (tertiary/aromatic N) is 5. The number of benzene rings is 1. The molecule has 0 aliphatic rings. The highest BCUT2D eigenvalue weighted by Crippen LogP contribution is 2.07. The molecule has 0 aliphatic carbocycles. The third kappa shape index (κ3) is 3.35. The largest absolute Gasteiger partial charge is 0.372 e. The molecular weight excluding hydrogens is 230 g/mol. The van der Waals surface area contributed by atoms with Gasteiger partial charge >= 0.3 is 0 Å². The quantitative estimate of drug-likeness (QED) is 0.705. The van der Waals surface area contributed by atoms with Crippen LogP contribution in [0.4, 0.5) is 0 Å². The lowest BCUT2D eigenvalue weighted by Crippen LogP contribution is -2.18. The van der Waals surface area contributed by atoms with Gasteiger partial charge in [-0.3, -0.25) is 0 Å². The normalized spacial score (nSPS) is 11.1. The van der Waals surface area contributed by atoms with Crippen molar-refractivity contribution < 1.29 is 4.74 Å². The maximum absolute atomic E-state index is 5.55. The molecule has 6 heteroatoms. The van der Waals surface area contributed by atoms with Gasteiger partial charge in [0.1, 0.15) is 6.61 Å². The van der Waals surface area contributed by atoms with Gasteiger partial charge in [-0.05, 0) is 36.7 Å². The molecule has 0 atom stereocenters. The number of likely N-dealkylation sites (N-methyl/N-ethyl adjacent to an activating group) is 1. The first-order valence-electron chi connectivity index (χ1n) is 5.82. The molecule has 0 radical (unpaired) electrons. The van der Waals surface area contributed by atoms with Gasteiger partial charge in [-0.15, -0.1) is 5.10 Å². The van der Waals surface area contributed by atoms with Gasteiger partial charge in [0.05, 0.1) is 12.3 Å². The minimum absolute atomic E-state index is 0.412. The van der Waals surface area contributed by atoms with Crippen molar-refractivity contribution in [3.63, 3.8) is 0 Å². The fourth-order valence-corrected chi connectivity index (χ4v) is 1.48. The number of para-hydroxylation sites is 1. The summed E-state index contributed by atoms with van der Waals surface area (Å²) in [4.78, 5) is 2.07. The molecule has 0 saturated heterocycles. The van der Waals surface area contributed by atoms with E-state index in [2.05, 4.69) is 20.4 Å². The van der Waals surface area contributed by atoms with Gasteiger partial charge in [-0.1, -0.05) is 18.2 Å². The molecule has 0 spiro atoms. The van der Waals surface area contributed by atoms with Crippen LogP contribution >= 0.6 is 0 Å². The predicted octanol–water partition coefficient (Wildman–Crippen LogP) is 0.740. The average Bonchev–Trinajstić information content (AvgIpc) is 2.84. The number of rotatable bonds is 6. The van der Waals surface area contributed by atoms with E-state index >= 15 is 0 Å². The van der Waals surface area contributed by atoms with Gasteiger partial charge in [-0.2, -0.15) is 4.68 Å². The molecule has 96 valence electrons. The SMILES string of the molecule is CN(C)CCOCc1nnnn1-c1ccccc1. The van der Waals surface area contributed by atoms with Crippen LogP contribution < -0.4 is 0 Å². The standard InChI is InChI=1S/C12H17N5O/c1-16(2)8-9-18-10-12-13-14-15-17(12)11-6-4-3-5-7-11/h3-7H,8-10H2,1-2H3. The fraction of sp³-hybridized carbons (Fsp3) is 0.417. The Morgan fingerprint density at radius 1 is 1.22 bits per heavy atom. The Balaban J connectivity index is 1.96. The lowest BCUT2D eigenvalue weighted by molar-refractivity contribution is 0.0991. The van der Waals surface area contributed by atoms with E-state index < -0.39 is 0 Å². The molecule has 0 bridgehead atoms. The van der Waals surface area contributed by atoms with Crippen molar-refractivity contribution in [3.8, 4) is 5.69 Å². The summed E-state index contributed by atoms with van der Waals surface area (Å²) in [5, 5.41) is 11.6. The zero-order valence-electron chi connectivity index (χ0n) is 10.7. The van der Waals surface area contributed by atoms with Crippen LogP contribution in [0.15, 0.2) is 30.3 Å². The molecule has 0 fully saturated rings. The van der Waals surface area contributed by atoms with Crippen LogP contribution in [0.1, 0.15) is 5.82 Å². The maximum atomic E-state index is 5.55. The summed E-state index contributed by atoms with van der Waals surface area (Å²) < 4.78 is 7.24. The van der Waals surface area contributed by atoms with Crippen LogP contribution in [-0.4, -0.2) is 52.4 Å². The second kappa shape index (κ2) is 6.23. The molecule has 0 unspecified atom stereocenters. The first kappa shape index (κ1) is 12.7. The van der Waals surface area contributed by atoms with Crippen molar-refractivity contribution in [2.45, 2.75) is 6.61 Å². The van der Waals surface area contributed by atoms with Crippen molar-refractivity contribution >= 4 is 0 Å². The second-order valence-electron chi connectivity index (χ2n) is 4.20. The van der Waals surface area contributed by atoms with Crippen molar-refractivity contribution in [1.82, 2.24) is 25.1 Å². The predicted molar refractivity (Wildman–Crippen MR) is 67.4 cm³/mol. The molecule has 0 amide bonds. The van der Waals surface area contributed by atoms with E-state index in [0.29, 0.717) is 19.0 Å². The van der Waals surface area contributed by atoms with Crippen LogP contribution in [-0.2, 0) is 11.3 Å². The van der Waals surface area contributed by atoms with Gasteiger partial charge in [0.15, 0.2) is 5.82 Å². The molecule has 0 N–H and O–H groups in total. The lowest BCUT2D eigenvalue weighted by atomic mass is 10.3. The summed E-state index contributed by atoms with van der Waals surface area (Å²) >= 11 is 0. The van der Waals surface area contributed by atoms with Gasteiger partial charge in [0, 0.05) is 6.54 Å². The molecule has 2 aromatic rings. The molecule has 1 heterocycles. The van der Waals surface area contributed by atoms with E-state index in [1.807, 2.05) is 44.4 Å². The Labute approximate surface area is 106 Å². The number of tetrazole rings is 1. The van der Waals surface area contributed by atoms with Crippen LogP contribution in [0.5, 0.6) is 0 Å². The smallest absolute Gasteiger partial charge is 0.182 e.